The van der Waals surface area contributed by atoms with Crippen LogP contribution in [-0.4, -0.2) is 19.8 Å². The molecule has 94 valence electrons. The van der Waals surface area contributed by atoms with E-state index in [-0.39, 0.29) is 11.3 Å². The van der Waals surface area contributed by atoms with Crippen LogP contribution in [0.2, 0.25) is 0 Å². The normalized spacial score (nSPS) is 19.8. The zero-order valence-electron chi connectivity index (χ0n) is 9.88. The molecule has 2 rings (SSSR count). The Hall–Kier alpha value is -1.00. The SMILES string of the molecule is CC(CCN)C1(c2ccc(F)cc2F)COC1. The minimum Gasteiger partial charge on any atom is -0.379 e. The van der Waals surface area contributed by atoms with Crippen molar-refractivity contribution in [3.63, 3.8) is 0 Å². The Balaban J connectivity index is 2.34. The highest BCUT2D eigenvalue weighted by molar-refractivity contribution is 5.31. The lowest BCUT2D eigenvalue weighted by atomic mass is 9.68. The highest BCUT2D eigenvalue weighted by Gasteiger charge is 2.46. The Morgan fingerprint density at radius 2 is 2.12 bits per heavy atom. The first kappa shape index (κ1) is 12.5. The van der Waals surface area contributed by atoms with Crippen LogP contribution in [0.25, 0.3) is 0 Å². The number of ether oxygens (including phenoxy) is 1. The van der Waals surface area contributed by atoms with Crippen LogP contribution >= 0.6 is 0 Å². The quantitative estimate of drug-likeness (QED) is 0.877. The predicted octanol–water partition coefficient (Wildman–Crippen LogP) is 2.22. The maximum absolute atomic E-state index is 13.8. The maximum atomic E-state index is 13.8. The molecule has 2 nitrogen and oxygen atoms in total. The van der Waals surface area contributed by atoms with Crippen molar-refractivity contribution in [2.45, 2.75) is 18.8 Å². The van der Waals surface area contributed by atoms with Gasteiger partial charge in [0.05, 0.1) is 13.2 Å². The summed E-state index contributed by atoms with van der Waals surface area (Å²) in [5, 5.41) is 0. The minimum absolute atomic E-state index is 0.223. The number of nitrogens with two attached hydrogens (primary N) is 1. The summed E-state index contributed by atoms with van der Waals surface area (Å²) in [5.74, 6) is -0.813. The van der Waals surface area contributed by atoms with Crippen LogP contribution in [-0.2, 0) is 10.2 Å². The summed E-state index contributed by atoms with van der Waals surface area (Å²) < 4.78 is 32.0. The lowest BCUT2D eigenvalue weighted by Gasteiger charge is -2.46. The number of hydrogen-bond acceptors (Lipinski definition) is 2. The average Bonchev–Trinajstić information content (AvgIpc) is 2.20. The molecule has 1 heterocycles. The Kier molecular flexibility index (Phi) is 3.45. The van der Waals surface area contributed by atoms with E-state index in [1.807, 2.05) is 6.92 Å². The summed E-state index contributed by atoms with van der Waals surface area (Å²) >= 11 is 0. The van der Waals surface area contributed by atoms with E-state index >= 15 is 0 Å². The molecule has 0 bridgehead atoms. The van der Waals surface area contributed by atoms with Crippen molar-refractivity contribution in [3.8, 4) is 0 Å². The standard InChI is InChI=1S/C13H17F2NO/c1-9(4-5-16)13(7-17-8-13)11-3-2-10(14)6-12(11)15/h2-3,6,9H,4-5,7-8,16H2,1H3. The lowest BCUT2D eigenvalue weighted by molar-refractivity contribution is -0.0899. The third-order valence-electron chi connectivity index (χ3n) is 3.73. The van der Waals surface area contributed by atoms with Crippen molar-refractivity contribution < 1.29 is 13.5 Å². The van der Waals surface area contributed by atoms with Crippen LogP contribution in [0, 0.1) is 17.6 Å². The molecule has 0 radical (unpaired) electrons. The van der Waals surface area contributed by atoms with Gasteiger partial charge in [0.2, 0.25) is 0 Å². The van der Waals surface area contributed by atoms with Crippen molar-refractivity contribution in [2.75, 3.05) is 19.8 Å². The second-order valence-electron chi connectivity index (χ2n) is 4.75. The molecule has 0 saturated carbocycles. The molecular formula is C13H17F2NO. The Labute approximate surface area is 99.8 Å². The van der Waals surface area contributed by atoms with Gasteiger partial charge < -0.3 is 10.5 Å². The highest BCUT2D eigenvalue weighted by atomic mass is 19.1. The largest absolute Gasteiger partial charge is 0.379 e. The fraction of sp³-hybridized carbons (Fsp3) is 0.538. The van der Waals surface area contributed by atoms with Gasteiger partial charge in [-0.3, -0.25) is 0 Å². The van der Waals surface area contributed by atoms with E-state index in [4.69, 9.17) is 10.5 Å². The molecule has 1 aromatic carbocycles. The van der Waals surface area contributed by atoms with Crippen molar-refractivity contribution in [1.29, 1.82) is 0 Å². The fourth-order valence-electron chi connectivity index (χ4n) is 2.45. The van der Waals surface area contributed by atoms with E-state index in [2.05, 4.69) is 0 Å². The van der Waals surface area contributed by atoms with Gasteiger partial charge >= 0.3 is 0 Å². The Morgan fingerprint density at radius 3 is 2.59 bits per heavy atom. The van der Waals surface area contributed by atoms with Crippen molar-refractivity contribution in [1.82, 2.24) is 0 Å². The molecule has 0 aromatic heterocycles. The van der Waals surface area contributed by atoms with Crippen LogP contribution < -0.4 is 5.73 Å². The van der Waals surface area contributed by atoms with Gasteiger partial charge in [-0.25, -0.2) is 8.78 Å². The molecule has 2 N–H and O–H groups in total. The molecule has 0 spiro atoms. The van der Waals surface area contributed by atoms with Crippen molar-refractivity contribution >= 4 is 0 Å². The molecule has 0 amide bonds. The molecule has 1 saturated heterocycles. The minimum atomic E-state index is -0.548. The highest BCUT2D eigenvalue weighted by Crippen LogP contribution is 2.41. The van der Waals surface area contributed by atoms with E-state index in [0.29, 0.717) is 25.3 Å². The number of hydrogen-bond donors (Lipinski definition) is 1. The van der Waals surface area contributed by atoms with Gasteiger partial charge in [0.1, 0.15) is 11.6 Å². The molecule has 1 fully saturated rings. The van der Waals surface area contributed by atoms with Crippen molar-refractivity contribution in [3.05, 3.63) is 35.4 Å². The van der Waals surface area contributed by atoms with Crippen LogP contribution in [0.5, 0.6) is 0 Å². The van der Waals surface area contributed by atoms with Crippen LogP contribution in [0.4, 0.5) is 8.78 Å². The number of benzene rings is 1. The first-order valence-corrected chi connectivity index (χ1v) is 5.83. The third kappa shape index (κ3) is 2.07. The average molecular weight is 241 g/mol. The second-order valence-corrected chi connectivity index (χ2v) is 4.75. The summed E-state index contributed by atoms with van der Waals surface area (Å²) in [7, 11) is 0. The van der Waals surface area contributed by atoms with Gasteiger partial charge in [0.25, 0.3) is 0 Å². The van der Waals surface area contributed by atoms with E-state index in [1.165, 1.54) is 12.1 Å². The van der Waals surface area contributed by atoms with E-state index < -0.39 is 11.6 Å². The maximum Gasteiger partial charge on any atom is 0.130 e. The summed E-state index contributed by atoms with van der Waals surface area (Å²) in [6.07, 6.45) is 0.806. The van der Waals surface area contributed by atoms with Gasteiger partial charge in [0, 0.05) is 11.5 Å². The van der Waals surface area contributed by atoms with Crippen LogP contribution in [0.3, 0.4) is 0 Å². The second kappa shape index (κ2) is 4.70. The lowest BCUT2D eigenvalue weighted by Crippen LogP contribution is -2.52. The van der Waals surface area contributed by atoms with E-state index in [1.54, 1.807) is 0 Å². The Morgan fingerprint density at radius 1 is 1.41 bits per heavy atom. The van der Waals surface area contributed by atoms with Gasteiger partial charge in [0.15, 0.2) is 0 Å². The molecule has 1 atom stereocenters. The monoisotopic (exact) mass is 241 g/mol. The number of halogens is 2. The predicted molar refractivity (Wildman–Crippen MR) is 61.7 cm³/mol. The third-order valence-corrected chi connectivity index (χ3v) is 3.73. The smallest absolute Gasteiger partial charge is 0.130 e. The van der Waals surface area contributed by atoms with E-state index in [9.17, 15) is 8.78 Å². The van der Waals surface area contributed by atoms with Gasteiger partial charge in [-0.1, -0.05) is 13.0 Å². The molecule has 0 aliphatic carbocycles. The molecule has 4 heteroatoms. The molecule has 1 aliphatic heterocycles. The summed E-state index contributed by atoms with van der Waals surface area (Å²) in [4.78, 5) is 0. The Bertz CT molecular complexity index is 404. The zero-order chi connectivity index (χ0) is 12.5. The van der Waals surface area contributed by atoms with Crippen LogP contribution in [0.15, 0.2) is 18.2 Å². The summed E-state index contributed by atoms with van der Waals surface area (Å²) in [5.41, 5.74) is 5.76. The van der Waals surface area contributed by atoms with Gasteiger partial charge in [-0.15, -0.1) is 0 Å². The van der Waals surface area contributed by atoms with Gasteiger partial charge in [-0.2, -0.15) is 0 Å². The first-order valence-electron chi connectivity index (χ1n) is 5.83. The molecular weight excluding hydrogens is 224 g/mol. The first-order chi connectivity index (χ1) is 8.10. The van der Waals surface area contributed by atoms with E-state index in [0.717, 1.165) is 12.5 Å². The molecule has 1 unspecified atom stereocenters. The topological polar surface area (TPSA) is 35.2 Å². The fourth-order valence-corrected chi connectivity index (χ4v) is 2.45. The van der Waals surface area contributed by atoms with Gasteiger partial charge in [-0.05, 0) is 30.5 Å². The zero-order valence-corrected chi connectivity index (χ0v) is 9.88. The molecule has 1 aromatic rings. The summed E-state index contributed by atoms with van der Waals surface area (Å²) in [6, 6.07) is 3.76. The molecule has 1 aliphatic rings. The molecule has 17 heavy (non-hydrogen) atoms. The van der Waals surface area contributed by atoms with Crippen molar-refractivity contribution in [2.24, 2.45) is 11.7 Å². The van der Waals surface area contributed by atoms with Crippen LogP contribution in [0.1, 0.15) is 18.9 Å². The number of rotatable bonds is 4. The summed E-state index contributed by atoms with van der Waals surface area (Å²) in [6.45, 7) is 3.57.